The van der Waals surface area contributed by atoms with E-state index in [4.69, 9.17) is 5.11 Å². The van der Waals surface area contributed by atoms with Gasteiger partial charge in [0.25, 0.3) is 0 Å². The molecule has 0 saturated carbocycles. The Kier molecular flexibility index (Phi) is 176. The normalized spacial score (nSPS) is 9.06. The van der Waals surface area contributed by atoms with Crippen LogP contribution in [0.3, 0.4) is 0 Å². The van der Waals surface area contributed by atoms with E-state index in [1.54, 1.807) is 34.9 Å². The van der Waals surface area contributed by atoms with Crippen LogP contribution in [-0.2, 0) is 14.4 Å². The van der Waals surface area contributed by atoms with Crippen LogP contribution in [-0.4, -0.2) is 73.9 Å². The molecule has 0 aliphatic carbocycles. The molecule has 3 atom stereocenters. The molecule has 0 amide bonds. The van der Waals surface area contributed by atoms with Gasteiger partial charge in [0, 0.05) is 0 Å². The Bertz CT molecular complexity index is 342. The summed E-state index contributed by atoms with van der Waals surface area (Å²) >= 11 is 0. The number of likely N-dealkylation sites (N-methyl/N-ethyl adjacent to an activating group) is 3. The van der Waals surface area contributed by atoms with Crippen LogP contribution in [0.25, 0.3) is 0 Å². The predicted molar refractivity (Wildman–Crippen MR) is 114 cm³/mol. The molecular formula is C19H47F8N3O4-8. The first-order valence-corrected chi connectivity index (χ1v) is 8.16. The molecule has 226 valence electrons. The first-order valence-electron chi connectivity index (χ1n) is 8.16. The number of carboxylic acid groups (broad SMARTS) is 1. The lowest BCUT2D eigenvalue weighted by Crippen LogP contribution is -3.00. The van der Waals surface area contributed by atoms with Crippen molar-refractivity contribution in [2.45, 2.75) is 81.4 Å². The minimum atomic E-state index is -0.817. The van der Waals surface area contributed by atoms with Crippen molar-refractivity contribution in [2.24, 2.45) is 0 Å². The lowest BCUT2D eigenvalue weighted by Gasteiger charge is -2.15. The van der Waals surface area contributed by atoms with Gasteiger partial charge in [-0.2, -0.15) is 0 Å². The van der Waals surface area contributed by atoms with Gasteiger partial charge in [-0.15, -0.1) is 0 Å². The topological polar surface area (TPSA) is 98.7 Å². The second kappa shape index (κ2) is 63.3. The van der Waals surface area contributed by atoms with Crippen molar-refractivity contribution in [1.29, 1.82) is 0 Å². The maximum absolute atomic E-state index is 10.5. The molecule has 0 fully saturated rings. The molecule has 0 radical (unpaired) electrons. The Balaban J connectivity index is -0.0000000124. The minimum Gasteiger partial charge on any atom is -1.00 e. The van der Waals surface area contributed by atoms with Crippen LogP contribution in [0.1, 0.15) is 63.3 Å². The summed E-state index contributed by atoms with van der Waals surface area (Å²) in [6.07, 6.45) is 0. The van der Waals surface area contributed by atoms with E-state index in [0.717, 1.165) is 0 Å². The average Bonchev–Trinajstić information content (AvgIpc) is 2.54. The summed E-state index contributed by atoms with van der Waals surface area (Å²) < 4.78 is 0. The van der Waals surface area contributed by atoms with E-state index in [0.29, 0.717) is 0 Å². The molecule has 0 heterocycles. The van der Waals surface area contributed by atoms with E-state index in [1.165, 1.54) is 0 Å². The van der Waals surface area contributed by atoms with Gasteiger partial charge in [0.15, 0.2) is 0 Å². The molecule has 0 saturated heterocycles. The summed E-state index contributed by atoms with van der Waals surface area (Å²) in [6, 6.07) is -0.352. The van der Waals surface area contributed by atoms with E-state index in [1.807, 2.05) is 46.7 Å². The Labute approximate surface area is 200 Å². The Morgan fingerprint density at radius 1 is 0.647 bits per heavy atom. The Morgan fingerprint density at radius 3 is 0.882 bits per heavy atom. The number of hydrogen-bond acceptors (Lipinski definition) is 6. The summed E-state index contributed by atoms with van der Waals surface area (Å²) in [5.74, 6) is -0.417. The van der Waals surface area contributed by atoms with Crippen molar-refractivity contribution < 1.29 is 57.1 Å². The van der Waals surface area contributed by atoms with Crippen LogP contribution < -0.4 is 48.3 Å². The van der Waals surface area contributed by atoms with E-state index in [9.17, 15) is 14.4 Å². The number of Topliss-reactive ketones (excluding diaryl/α,β-unsaturated/α-hetero) is 2. The molecule has 0 aliphatic heterocycles. The molecule has 0 spiro atoms. The standard InChI is InChI=1S/C6H13NO.C5H11NO.C4H9NO2.C2H6.2CH4.8FH/c1-5(6(2)8)7(3)4;1-4(6-3)5(2)7;1-3(5-2)4(6)7;1-2;;;;;;;;;;/h5H,1-4H3;4,6H,1-3H3;3,5H,1-2H3,(H,6,7);1-2H3;2*1H4;8*1H/p-8. The number of carbonyl (C=O) groups is 3. The molecule has 0 bridgehead atoms. The fraction of sp³-hybridized carbons (Fsp3) is 0.842. The quantitative estimate of drug-likeness (QED) is 0.292. The molecule has 0 aromatic heterocycles. The summed E-state index contributed by atoms with van der Waals surface area (Å²) in [4.78, 5) is 32.6. The third-order valence-electron chi connectivity index (χ3n) is 3.21. The molecule has 7 nitrogen and oxygen atoms in total. The van der Waals surface area contributed by atoms with E-state index < -0.39 is 12.0 Å². The van der Waals surface area contributed by atoms with Crippen molar-refractivity contribution in [3.63, 3.8) is 0 Å². The zero-order valence-corrected chi connectivity index (χ0v) is 20.4. The van der Waals surface area contributed by atoms with Crippen LogP contribution in [0.15, 0.2) is 0 Å². The molecule has 0 aliphatic rings. The van der Waals surface area contributed by atoms with Crippen LogP contribution in [0.2, 0.25) is 0 Å². The highest BCUT2D eigenvalue weighted by molar-refractivity contribution is 5.81. The summed E-state index contributed by atoms with van der Waals surface area (Å²) in [7, 11) is 7.17. The Hall–Kier alpha value is -1.87. The number of nitrogens with zero attached hydrogens (tertiary/aromatic N) is 1. The van der Waals surface area contributed by atoms with Crippen LogP contribution in [0.5, 0.6) is 0 Å². The summed E-state index contributed by atoms with van der Waals surface area (Å²) in [5.41, 5.74) is 0. The van der Waals surface area contributed by atoms with Gasteiger partial charge in [0.1, 0.15) is 17.6 Å². The van der Waals surface area contributed by atoms with Gasteiger partial charge < -0.3 is 53.4 Å². The van der Waals surface area contributed by atoms with Crippen molar-refractivity contribution in [3.8, 4) is 0 Å². The smallest absolute Gasteiger partial charge is 0.320 e. The van der Waals surface area contributed by atoms with E-state index in [2.05, 4.69) is 10.6 Å². The fourth-order valence-corrected chi connectivity index (χ4v) is 0.690. The highest BCUT2D eigenvalue weighted by Crippen LogP contribution is 1.90. The zero-order chi connectivity index (χ0) is 20.5. The number of carbonyl (C=O) groups excluding carboxylic acids is 2. The van der Waals surface area contributed by atoms with Gasteiger partial charge in [-0.1, -0.05) is 28.7 Å². The second-order valence-electron chi connectivity index (χ2n) is 5.22. The van der Waals surface area contributed by atoms with Gasteiger partial charge in [-0.3, -0.25) is 19.3 Å². The molecule has 3 N–H and O–H groups in total. The number of aliphatic carboxylic acids is 1. The van der Waals surface area contributed by atoms with Crippen molar-refractivity contribution in [3.05, 3.63) is 0 Å². The van der Waals surface area contributed by atoms with Crippen molar-refractivity contribution >= 4 is 17.5 Å². The highest BCUT2D eigenvalue weighted by Gasteiger charge is 2.07. The number of hydrogen-bond donors (Lipinski definition) is 3. The van der Waals surface area contributed by atoms with Gasteiger partial charge in [-0.05, 0) is 62.8 Å². The first kappa shape index (κ1) is 94.7. The van der Waals surface area contributed by atoms with Crippen LogP contribution in [0.4, 0.5) is 0 Å². The molecule has 0 aromatic rings. The fourth-order valence-electron chi connectivity index (χ4n) is 0.690. The SMILES string of the molecule is C.C.CC.CC(=O)C(C)N(C)C.CNC(C)C(=O)O.CNC(C)C(C)=O.[F-].[F-].[F-].[F-].[F-].[F-].[F-].[F-]. The summed E-state index contributed by atoms with van der Waals surface area (Å²) in [6.45, 7) is 12.5. The monoisotopic (exact) mass is 533 g/mol. The number of nitrogens with one attached hydrogen (secondary N) is 2. The lowest BCUT2D eigenvalue weighted by atomic mass is 10.2. The molecule has 0 aromatic carbocycles. The lowest BCUT2D eigenvalue weighted by molar-refractivity contribution is -0.138. The average molecular weight is 534 g/mol. The zero-order valence-electron chi connectivity index (χ0n) is 20.4. The predicted octanol–water partition coefficient (Wildman–Crippen LogP) is -21.3. The third-order valence-corrected chi connectivity index (χ3v) is 3.21. The highest BCUT2D eigenvalue weighted by atomic mass is 19.0. The van der Waals surface area contributed by atoms with Gasteiger partial charge >= 0.3 is 5.97 Å². The maximum Gasteiger partial charge on any atom is 0.320 e. The van der Waals surface area contributed by atoms with Gasteiger partial charge in [0.05, 0.1) is 12.1 Å². The maximum atomic E-state index is 10.5. The molecule has 3 unspecified atom stereocenters. The third kappa shape index (κ3) is 77.8. The van der Waals surface area contributed by atoms with Crippen molar-refractivity contribution in [2.75, 3.05) is 28.2 Å². The van der Waals surface area contributed by atoms with E-state index in [-0.39, 0.29) is 76.1 Å². The molecule has 0 rings (SSSR count). The van der Waals surface area contributed by atoms with Crippen LogP contribution in [0, 0.1) is 0 Å². The van der Waals surface area contributed by atoms with Crippen molar-refractivity contribution in [1.82, 2.24) is 15.5 Å². The van der Waals surface area contributed by atoms with Gasteiger partial charge in [0.2, 0.25) is 0 Å². The number of ketones is 2. The Morgan fingerprint density at radius 2 is 0.882 bits per heavy atom. The van der Waals surface area contributed by atoms with Crippen LogP contribution >= 0.6 is 0 Å². The number of carboxylic acids is 1. The largest absolute Gasteiger partial charge is 1.00 e. The molecular weight excluding hydrogens is 486 g/mol. The van der Waals surface area contributed by atoms with Gasteiger partial charge in [-0.25, -0.2) is 0 Å². The minimum absolute atomic E-state index is 0. The molecule has 15 heteroatoms. The number of halogens is 8. The van der Waals surface area contributed by atoms with E-state index >= 15 is 0 Å². The first-order chi connectivity index (χ1) is 10.9. The number of rotatable bonds is 6. The second-order valence-corrected chi connectivity index (χ2v) is 5.22. The molecule has 34 heavy (non-hydrogen) atoms. The summed E-state index contributed by atoms with van der Waals surface area (Å²) in [5, 5.41) is 13.5.